The van der Waals surface area contributed by atoms with E-state index < -0.39 is 0 Å². The summed E-state index contributed by atoms with van der Waals surface area (Å²) in [4.78, 5) is 53.9. The summed E-state index contributed by atoms with van der Waals surface area (Å²) in [5.74, 6) is 0. The highest BCUT2D eigenvalue weighted by atomic mass is 31.0. The van der Waals surface area contributed by atoms with Crippen LogP contribution in [0.25, 0.3) is 0 Å². The summed E-state index contributed by atoms with van der Waals surface area (Å²) >= 11 is 0. The zero-order valence-electron chi connectivity index (χ0n) is 27.9. The summed E-state index contributed by atoms with van der Waals surface area (Å²) in [5.41, 5.74) is 0.815. The first-order valence-electron chi connectivity index (χ1n) is 15.1. The smallest absolute Gasteiger partial charge is 0.258 e. The van der Waals surface area contributed by atoms with Crippen LogP contribution in [-0.2, 0) is 5.41 Å². The first kappa shape index (κ1) is 40.2. The molecule has 8 nitrogen and oxygen atoms in total. The molecule has 2 aromatic rings. The van der Waals surface area contributed by atoms with Crippen molar-refractivity contribution in [3.8, 4) is 0 Å². The first-order chi connectivity index (χ1) is 18.8. The fourth-order valence-corrected chi connectivity index (χ4v) is 4.64. The molecule has 0 unspecified atom stereocenters. The van der Waals surface area contributed by atoms with Gasteiger partial charge in [-0.15, -0.1) is 0 Å². The van der Waals surface area contributed by atoms with Crippen LogP contribution in [0.2, 0.25) is 0 Å². The maximum atomic E-state index is 11.8. The molecule has 40 heavy (non-hydrogen) atoms. The zero-order valence-corrected chi connectivity index (χ0v) is 28.8. The Morgan fingerprint density at radius 2 is 1.00 bits per heavy atom. The van der Waals surface area contributed by atoms with Gasteiger partial charge in [0.2, 0.25) is 10.9 Å². The SMILES string of the molecule is CC.CC.CCN(C)CCCCN(C)c1c(C(C)(C)C)c(=O)c1=O.CCN(C)CCCCN(C)c1pc(=O)c1=O. The highest BCUT2D eigenvalue weighted by Gasteiger charge is 2.31. The van der Waals surface area contributed by atoms with Crippen LogP contribution in [0.3, 0.4) is 0 Å². The highest BCUT2D eigenvalue weighted by Crippen LogP contribution is 2.27. The average molecular weight is 583 g/mol. The summed E-state index contributed by atoms with van der Waals surface area (Å²) in [6, 6.07) is 0. The van der Waals surface area contributed by atoms with Crippen molar-refractivity contribution in [3.05, 3.63) is 46.2 Å². The minimum Gasteiger partial charge on any atom is -0.371 e. The largest absolute Gasteiger partial charge is 0.371 e. The van der Waals surface area contributed by atoms with Gasteiger partial charge in [0.1, 0.15) is 5.42 Å². The molecule has 0 aliphatic carbocycles. The Labute approximate surface area is 245 Å². The molecule has 0 aliphatic rings. The van der Waals surface area contributed by atoms with Crippen molar-refractivity contribution in [2.24, 2.45) is 0 Å². The number of hydrogen-bond acceptors (Lipinski definition) is 8. The average Bonchev–Trinajstić information content (AvgIpc) is 2.95. The van der Waals surface area contributed by atoms with E-state index in [4.69, 9.17) is 0 Å². The van der Waals surface area contributed by atoms with E-state index in [9.17, 15) is 19.2 Å². The maximum absolute atomic E-state index is 11.8. The van der Waals surface area contributed by atoms with Crippen LogP contribution in [-0.4, -0.2) is 77.3 Å². The van der Waals surface area contributed by atoms with Crippen molar-refractivity contribution in [2.45, 2.75) is 93.4 Å². The Morgan fingerprint density at radius 1 is 0.600 bits per heavy atom. The van der Waals surface area contributed by atoms with Gasteiger partial charge in [0.25, 0.3) is 10.6 Å². The molecule has 0 bridgehead atoms. The van der Waals surface area contributed by atoms with Gasteiger partial charge >= 0.3 is 0 Å². The van der Waals surface area contributed by atoms with E-state index >= 15 is 0 Å². The quantitative estimate of drug-likeness (QED) is 0.232. The lowest BCUT2D eigenvalue weighted by atomic mass is 9.82. The fraction of sp³-hybridized carbons (Fsp3) is 0.774. The number of rotatable bonds is 14. The monoisotopic (exact) mass is 582 g/mol. The van der Waals surface area contributed by atoms with Crippen LogP contribution in [0, 0.1) is 0 Å². The van der Waals surface area contributed by atoms with Gasteiger partial charge in [-0.05, 0) is 71.4 Å². The van der Waals surface area contributed by atoms with E-state index in [0.717, 1.165) is 65.0 Å². The van der Waals surface area contributed by atoms with Crippen molar-refractivity contribution >= 4 is 19.3 Å². The minimum atomic E-state index is -0.317. The number of nitrogens with zero attached hydrogens (tertiary/aromatic N) is 4. The third-order valence-electron chi connectivity index (χ3n) is 6.63. The molecule has 0 amide bonds. The number of hydrogen-bond donors (Lipinski definition) is 0. The van der Waals surface area contributed by atoms with E-state index in [2.05, 4.69) is 37.7 Å². The molecule has 0 saturated heterocycles. The molecule has 2 rings (SSSR count). The maximum Gasteiger partial charge on any atom is 0.258 e. The Morgan fingerprint density at radius 3 is 1.35 bits per heavy atom. The fourth-order valence-electron chi connectivity index (χ4n) is 3.93. The zero-order chi connectivity index (χ0) is 31.6. The summed E-state index contributed by atoms with van der Waals surface area (Å²) in [7, 11) is 8.59. The highest BCUT2D eigenvalue weighted by molar-refractivity contribution is 7.34. The third kappa shape index (κ3) is 13.2. The van der Waals surface area contributed by atoms with E-state index in [1.807, 2.05) is 72.4 Å². The molecule has 1 aromatic heterocycles. The second-order valence-electron chi connectivity index (χ2n) is 10.8. The molecule has 1 heterocycles. The third-order valence-corrected chi connectivity index (χ3v) is 7.79. The Balaban J connectivity index is 0. The Bertz CT molecular complexity index is 1080. The molecule has 232 valence electrons. The first-order valence-corrected chi connectivity index (χ1v) is 16.0. The van der Waals surface area contributed by atoms with Crippen molar-refractivity contribution in [1.82, 2.24) is 9.80 Å². The van der Waals surface area contributed by atoms with E-state index in [0.29, 0.717) is 24.9 Å². The summed E-state index contributed by atoms with van der Waals surface area (Å²) in [6.45, 7) is 24.2. The molecule has 0 saturated carbocycles. The minimum absolute atomic E-state index is 0.253. The molecule has 0 atom stereocenters. The van der Waals surface area contributed by atoms with Crippen molar-refractivity contribution in [3.63, 3.8) is 0 Å². The molecule has 1 aromatic carbocycles. The Hall–Kier alpha value is -1.89. The van der Waals surface area contributed by atoms with E-state index in [1.54, 1.807) is 0 Å². The van der Waals surface area contributed by atoms with Gasteiger partial charge in [-0.3, -0.25) is 19.2 Å². The van der Waals surface area contributed by atoms with Gasteiger partial charge in [0.15, 0.2) is 0 Å². The van der Waals surface area contributed by atoms with Gasteiger partial charge in [0.05, 0.1) is 5.69 Å². The predicted octanol–water partition coefficient (Wildman–Crippen LogP) is 4.83. The van der Waals surface area contributed by atoms with Gasteiger partial charge in [-0.25, -0.2) is 0 Å². The molecule has 0 radical (unpaired) electrons. The predicted molar refractivity (Wildman–Crippen MR) is 178 cm³/mol. The lowest BCUT2D eigenvalue weighted by Crippen LogP contribution is -2.46. The summed E-state index contributed by atoms with van der Waals surface area (Å²) in [6.07, 6.45) is 4.32. The van der Waals surface area contributed by atoms with Crippen molar-refractivity contribution in [2.75, 3.05) is 77.3 Å². The van der Waals surface area contributed by atoms with Crippen LogP contribution in [0.4, 0.5) is 11.1 Å². The molecule has 0 spiro atoms. The second-order valence-corrected chi connectivity index (χ2v) is 11.8. The van der Waals surface area contributed by atoms with Gasteiger partial charge in [-0.1, -0.05) is 62.3 Å². The normalized spacial score (nSPS) is 11.2. The molecule has 0 aliphatic heterocycles. The molecule has 0 N–H and O–H groups in total. The standard InChI is InChI=1S/C16H28N2O2.C11H19N2O2P.2C2H6/c1-7-17(5)10-8-9-11-18(6)13-12(16(2,3)4)14(19)15(13)20;1-4-12(2)7-5-6-8-13(3)10-9(14)11(15)16-10;2*1-2/h7-11H2,1-6H3;4-8H2,1-3H3;2*1-2H3. The van der Waals surface area contributed by atoms with Gasteiger partial charge < -0.3 is 19.6 Å². The molecule has 9 heteroatoms. The lowest BCUT2D eigenvalue weighted by Gasteiger charge is -2.29. The van der Waals surface area contributed by atoms with Crippen molar-refractivity contribution < 1.29 is 0 Å². The second kappa shape index (κ2) is 20.9. The van der Waals surface area contributed by atoms with Crippen LogP contribution in [0.1, 0.15) is 93.6 Å². The summed E-state index contributed by atoms with van der Waals surface area (Å²) in [5, 5.41) is -0.271. The molecular weight excluding hydrogens is 523 g/mol. The van der Waals surface area contributed by atoms with E-state index in [-0.39, 0.29) is 26.9 Å². The number of anilines is 2. The van der Waals surface area contributed by atoms with Crippen LogP contribution in [0.15, 0.2) is 19.2 Å². The van der Waals surface area contributed by atoms with Crippen LogP contribution in [0.5, 0.6) is 0 Å². The molecular formula is C31H59N4O4P. The van der Waals surface area contributed by atoms with E-state index in [1.165, 1.54) is 0 Å². The number of unbranched alkanes of at least 4 members (excludes halogenated alkanes) is 2. The van der Waals surface area contributed by atoms with Gasteiger partial charge in [-0.2, -0.15) is 0 Å². The Kier molecular flexibility index (Phi) is 21.0. The van der Waals surface area contributed by atoms with Crippen molar-refractivity contribution in [1.29, 1.82) is 0 Å². The molecule has 0 fully saturated rings. The lowest BCUT2D eigenvalue weighted by molar-refractivity contribution is 0.344. The van der Waals surface area contributed by atoms with Crippen LogP contribution < -0.4 is 31.2 Å². The topological polar surface area (TPSA) is 81.2 Å². The van der Waals surface area contributed by atoms with Gasteiger partial charge in [0, 0.05) is 40.9 Å². The summed E-state index contributed by atoms with van der Waals surface area (Å²) < 4.78 is 0. The van der Waals surface area contributed by atoms with Crippen LogP contribution >= 0.6 is 8.19 Å².